The van der Waals surface area contributed by atoms with Crippen LogP contribution in [0.15, 0.2) is 41.3 Å². The molecular formula is C17H18ClF3N4O. The Balaban J connectivity index is 1.75. The van der Waals surface area contributed by atoms with Gasteiger partial charge in [0.05, 0.1) is 18.3 Å². The minimum atomic E-state index is -4.25. The molecule has 2 aromatic rings. The van der Waals surface area contributed by atoms with Crippen LogP contribution >= 0.6 is 11.6 Å². The van der Waals surface area contributed by atoms with Crippen molar-refractivity contribution >= 4 is 17.3 Å². The Morgan fingerprint density at radius 1 is 1.15 bits per heavy atom. The molecule has 0 radical (unpaired) electrons. The van der Waals surface area contributed by atoms with Crippen molar-refractivity contribution in [3.8, 4) is 0 Å². The lowest BCUT2D eigenvalue weighted by atomic mass is 10.0. The Hall–Kier alpha value is -2.06. The highest BCUT2D eigenvalue weighted by molar-refractivity contribution is 6.32. The summed E-state index contributed by atoms with van der Waals surface area (Å²) in [4.78, 5) is 15.3. The summed E-state index contributed by atoms with van der Waals surface area (Å²) in [5.74, 6) is 0. The fourth-order valence-electron chi connectivity index (χ4n) is 3.22. The molecule has 5 nitrogen and oxygen atoms in total. The second-order valence-corrected chi connectivity index (χ2v) is 6.55. The van der Waals surface area contributed by atoms with Crippen molar-refractivity contribution in [1.29, 1.82) is 0 Å². The van der Waals surface area contributed by atoms with Crippen LogP contribution in [0.25, 0.3) is 0 Å². The fourth-order valence-corrected chi connectivity index (χ4v) is 3.43. The molecule has 0 saturated carbocycles. The Kier molecular flexibility index (Phi) is 5.52. The summed E-state index contributed by atoms with van der Waals surface area (Å²) in [6, 6.07) is 7.99. The maximum absolute atomic E-state index is 13.1. The normalized spacial score (nSPS) is 17.3. The van der Waals surface area contributed by atoms with Gasteiger partial charge in [-0.25, -0.2) is 5.10 Å². The van der Waals surface area contributed by atoms with Crippen LogP contribution in [0.5, 0.6) is 0 Å². The predicted molar refractivity (Wildman–Crippen MR) is 93.5 cm³/mol. The summed E-state index contributed by atoms with van der Waals surface area (Å²) < 4.78 is 39.3. The van der Waals surface area contributed by atoms with Crippen LogP contribution in [0.3, 0.4) is 0 Å². The van der Waals surface area contributed by atoms with Gasteiger partial charge in [-0.15, -0.1) is 0 Å². The largest absolute Gasteiger partial charge is 0.390 e. The number of anilines is 1. The van der Waals surface area contributed by atoms with E-state index in [9.17, 15) is 18.0 Å². The van der Waals surface area contributed by atoms with Crippen molar-refractivity contribution in [2.24, 2.45) is 0 Å². The van der Waals surface area contributed by atoms with E-state index in [2.05, 4.69) is 10.2 Å². The maximum Gasteiger partial charge on any atom is 0.390 e. The Labute approximate surface area is 153 Å². The first kappa shape index (κ1) is 18.7. The second kappa shape index (κ2) is 7.67. The number of piperazine rings is 1. The molecule has 3 rings (SSSR count). The minimum absolute atomic E-state index is 0.0448. The molecule has 1 aromatic carbocycles. The summed E-state index contributed by atoms with van der Waals surface area (Å²) in [6.07, 6.45) is -3.69. The zero-order chi connectivity index (χ0) is 18.7. The van der Waals surface area contributed by atoms with Gasteiger partial charge in [0.25, 0.3) is 5.56 Å². The third-order valence-electron chi connectivity index (χ3n) is 4.48. The first-order valence-electron chi connectivity index (χ1n) is 8.19. The van der Waals surface area contributed by atoms with Gasteiger partial charge in [0.1, 0.15) is 5.02 Å². The number of alkyl halides is 3. The highest BCUT2D eigenvalue weighted by atomic mass is 35.5. The zero-order valence-corrected chi connectivity index (χ0v) is 14.6. The van der Waals surface area contributed by atoms with Gasteiger partial charge in [-0.2, -0.15) is 18.3 Å². The monoisotopic (exact) mass is 386 g/mol. The summed E-state index contributed by atoms with van der Waals surface area (Å²) in [6.45, 7) is 1.79. The first-order chi connectivity index (χ1) is 12.3. The van der Waals surface area contributed by atoms with E-state index < -0.39 is 24.2 Å². The molecule has 0 unspecified atom stereocenters. The molecule has 140 valence electrons. The number of hydrogen-bond acceptors (Lipinski definition) is 4. The van der Waals surface area contributed by atoms with E-state index in [1.807, 2.05) is 9.80 Å². The lowest BCUT2D eigenvalue weighted by molar-refractivity contribution is -0.148. The van der Waals surface area contributed by atoms with E-state index in [0.29, 0.717) is 37.4 Å². The second-order valence-electron chi connectivity index (χ2n) is 6.17. The van der Waals surface area contributed by atoms with Crippen molar-refractivity contribution < 1.29 is 13.2 Å². The van der Waals surface area contributed by atoms with Gasteiger partial charge in [-0.1, -0.05) is 41.9 Å². The number of nitrogens with one attached hydrogen (secondary N) is 1. The van der Waals surface area contributed by atoms with Crippen LogP contribution in [0.1, 0.15) is 18.0 Å². The molecule has 26 heavy (non-hydrogen) atoms. The third kappa shape index (κ3) is 4.37. The average Bonchev–Trinajstić information content (AvgIpc) is 2.62. The molecule has 1 atom stereocenters. The molecule has 0 aliphatic carbocycles. The molecule has 0 spiro atoms. The summed E-state index contributed by atoms with van der Waals surface area (Å²) in [7, 11) is 0. The van der Waals surface area contributed by atoms with E-state index in [1.54, 1.807) is 30.3 Å². The minimum Gasteiger partial charge on any atom is -0.366 e. The van der Waals surface area contributed by atoms with E-state index in [1.165, 1.54) is 6.20 Å². The van der Waals surface area contributed by atoms with Crippen molar-refractivity contribution in [3.63, 3.8) is 0 Å². The lowest BCUT2D eigenvalue weighted by Crippen LogP contribution is -2.48. The van der Waals surface area contributed by atoms with Crippen LogP contribution in [-0.4, -0.2) is 47.5 Å². The van der Waals surface area contributed by atoms with Crippen molar-refractivity contribution in [3.05, 3.63) is 57.5 Å². The van der Waals surface area contributed by atoms with Crippen LogP contribution in [0, 0.1) is 0 Å². The van der Waals surface area contributed by atoms with Gasteiger partial charge >= 0.3 is 6.18 Å². The van der Waals surface area contributed by atoms with E-state index in [0.717, 1.165) is 0 Å². The number of benzene rings is 1. The molecule has 2 heterocycles. The number of nitrogens with zero attached hydrogens (tertiary/aromatic N) is 3. The summed E-state index contributed by atoms with van der Waals surface area (Å²) in [5, 5.41) is 6.04. The average molecular weight is 387 g/mol. The molecule has 9 heteroatoms. The van der Waals surface area contributed by atoms with Crippen LogP contribution in [-0.2, 0) is 0 Å². The van der Waals surface area contributed by atoms with Crippen LogP contribution < -0.4 is 10.5 Å². The highest BCUT2D eigenvalue weighted by Crippen LogP contribution is 2.35. The molecule has 1 aromatic heterocycles. The SMILES string of the molecule is O=c1[nH]ncc(N2CCN([C@@H](CC(F)(F)F)c3ccccc3)CC2)c1Cl. The maximum atomic E-state index is 13.1. The van der Waals surface area contributed by atoms with Crippen LogP contribution in [0.4, 0.5) is 18.9 Å². The van der Waals surface area contributed by atoms with Gasteiger partial charge in [0, 0.05) is 32.2 Å². The predicted octanol–water partition coefficient (Wildman–Crippen LogP) is 3.24. The standard InChI is InChI=1S/C17H18ClF3N4O/c18-15-14(11-22-23-16(15)26)25-8-6-24(7-9-25)13(10-17(19,20)21)12-4-2-1-3-5-12/h1-5,11,13H,6-10H2,(H,23,26)/t13-/m0/s1. The van der Waals surface area contributed by atoms with Crippen molar-refractivity contribution in [2.45, 2.75) is 18.6 Å². The molecular weight excluding hydrogens is 369 g/mol. The van der Waals surface area contributed by atoms with Gasteiger partial charge < -0.3 is 4.90 Å². The molecule has 0 amide bonds. The molecule has 1 aliphatic heterocycles. The Morgan fingerprint density at radius 3 is 2.42 bits per heavy atom. The van der Waals surface area contributed by atoms with Gasteiger partial charge in [0.15, 0.2) is 0 Å². The summed E-state index contributed by atoms with van der Waals surface area (Å²) in [5.41, 5.74) is 0.669. The van der Waals surface area contributed by atoms with Gasteiger partial charge in [-0.05, 0) is 5.56 Å². The van der Waals surface area contributed by atoms with E-state index >= 15 is 0 Å². The number of rotatable bonds is 4. The quantitative estimate of drug-likeness (QED) is 0.876. The van der Waals surface area contributed by atoms with Gasteiger partial charge in [-0.3, -0.25) is 9.69 Å². The van der Waals surface area contributed by atoms with E-state index in [4.69, 9.17) is 11.6 Å². The molecule has 1 aliphatic rings. The van der Waals surface area contributed by atoms with Gasteiger partial charge in [0.2, 0.25) is 0 Å². The molecule has 1 saturated heterocycles. The zero-order valence-electron chi connectivity index (χ0n) is 13.8. The summed E-state index contributed by atoms with van der Waals surface area (Å²) >= 11 is 6.02. The molecule has 1 fully saturated rings. The number of H-pyrrole nitrogens is 1. The topological polar surface area (TPSA) is 52.2 Å². The number of aromatic amines is 1. The Morgan fingerprint density at radius 2 is 1.81 bits per heavy atom. The lowest BCUT2D eigenvalue weighted by Gasteiger charge is -2.40. The van der Waals surface area contributed by atoms with Crippen molar-refractivity contribution in [1.82, 2.24) is 15.1 Å². The molecule has 0 bridgehead atoms. The number of halogens is 4. The Bertz CT molecular complexity index is 789. The smallest absolute Gasteiger partial charge is 0.366 e. The molecule has 1 N–H and O–H groups in total. The third-order valence-corrected chi connectivity index (χ3v) is 4.85. The fraction of sp³-hybridized carbons (Fsp3) is 0.412. The first-order valence-corrected chi connectivity index (χ1v) is 8.57. The van der Waals surface area contributed by atoms with Crippen LogP contribution in [0.2, 0.25) is 5.02 Å². The van der Waals surface area contributed by atoms with E-state index in [-0.39, 0.29) is 5.02 Å². The number of hydrogen-bond donors (Lipinski definition) is 1. The number of aromatic nitrogens is 2. The van der Waals surface area contributed by atoms with Crippen molar-refractivity contribution in [2.75, 3.05) is 31.1 Å². The highest BCUT2D eigenvalue weighted by Gasteiger charge is 2.36.